The first-order chi connectivity index (χ1) is 29.6. The van der Waals surface area contributed by atoms with Crippen molar-refractivity contribution in [3.63, 3.8) is 0 Å². The van der Waals surface area contributed by atoms with Crippen LogP contribution in [0.2, 0.25) is 0 Å². The highest BCUT2D eigenvalue weighted by atomic mass is 15.2. The first-order valence-corrected chi connectivity index (χ1v) is 24.0. The fraction of sp³-hybridized carbons (Fsp3) is 0.417. The van der Waals surface area contributed by atoms with E-state index in [0.717, 1.165) is 17.2 Å². The molecule has 0 radical (unpaired) electrons. The predicted octanol–water partition coefficient (Wildman–Crippen LogP) is 14.7. The van der Waals surface area contributed by atoms with Gasteiger partial charge in [0.05, 0.1) is 5.69 Å². The molecule has 0 saturated carbocycles. The highest BCUT2D eigenvalue weighted by Crippen LogP contribution is 2.51. The van der Waals surface area contributed by atoms with Gasteiger partial charge in [-0.2, -0.15) is 0 Å². The Morgan fingerprint density at radius 3 is 1.47 bits per heavy atom. The molecular weight excluding hydrogens is 773 g/mol. The zero-order valence-corrected chi connectivity index (χ0v) is 42.1. The molecule has 1 aliphatic carbocycles. The van der Waals surface area contributed by atoms with Crippen molar-refractivity contribution in [2.24, 2.45) is 0 Å². The molecule has 1 aromatic heterocycles. The molecule has 0 saturated heterocycles. The minimum Gasteiger partial charge on any atom is -0.311 e. The third kappa shape index (κ3) is 7.32. The maximum absolute atomic E-state index is 5.58. The van der Waals surface area contributed by atoms with Crippen molar-refractivity contribution in [2.45, 2.75) is 163 Å². The summed E-state index contributed by atoms with van der Waals surface area (Å²) in [5, 5.41) is 0. The van der Waals surface area contributed by atoms with E-state index in [1.807, 2.05) is 0 Å². The molecule has 4 heteroatoms. The Morgan fingerprint density at radius 2 is 0.938 bits per heavy atom. The number of aromatic nitrogens is 1. The van der Waals surface area contributed by atoms with Crippen LogP contribution in [0.3, 0.4) is 0 Å². The minimum atomic E-state index is -0.0384. The molecule has 2 aliphatic heterocycles. The largest absolute Gasteiger partial charge is 0.311 e. The lowest BCUT2D eigenvalue weighted by Gasteiger charge is -2.45. The molecule has 0 bridgehead atoms. The normalized spacial score (nSPS) is 16.5. The molecule has 0 spiro atoms. The van der Waals surface area contributed by atoms with Crippen molar-refractivity contribution in [3.05, 3.63) is 142 Å². The summed E-state index contributed by atoms with van der Waals surface area (Å²) in [6.07, 6.45) is 2.38. The standard InChI is InChI=1S/C60H72BN3/c1-37-32-52-53-54(62-37)63(43-24-19-39(20-25-43)55(2,3)4)50-28-22-41(57(8,9)10)35-47(50)61(53)48-36-42(58(11,12)13)23-29-51(48)64(52)49-27-21-40(56(5,6)7)34-44(49)38-18-26-45-46(33-38)60(16,17)31-30-59(45,14)15/h18-29,32-36H,30-31H2,1-17H3. The fourth-order valence-corrected chi connectivity index (χ4v) is 10.7. The Kier molecular flexibility index (Phi) is 9.97. The van der Waals surface area contributed by atoms with E-state index in [9.17, 15) is 0 Å². The number of pyridine rings is 1. The van der Waals surface area contributed by atoms with Crippen LogP contribution in [0, 0.1) is 6.92 Å². The SMILES string of the molecule is Cc1cc2c3c(n1)N(c1ccc(C(C)(C)C)cc1)c1ccc(C(C)(C)C)cc1B3c1cc(C(C)(C)C)ccc1N2c1ccc(C(C)(C)C)cc1-c1ccc2c(c1)C(C)(C)CCC2(C)C. The Labute approximate surface area is 386 Å². The summed E-state index contributed by atoms with van der Waals surface area (Å²) in [7, 11) is 0. The van der Waals surface area contributed by atoms with Crippen molar-refractivity contribution in [3.8, 4) is 11.1 Å². The first-order valence-electron chi connectivity index (χ1n) is 24.0. The van der Waals surface area contributed by atoms with Crippen LogP contribution >= 0.6 is 0 Å². The summed E-state index contributed by atoms with van der Waals surface area (Å²) in [6.45, 7) is 39.9. The van der Waals surface area contributed by atoms with Gasteiger partial charge >= 0.3 is 0 Å². The summed E-state index contributed by atoms with van der Waals surface area (Å²) < 4.78 is 0. The maximum atomic E-state index is 5.58. The number of benzene rings is 5. The smallest absolute Gasteiger partial charge is 0.254 e. The second-order valence-electron chi connectivity index (χ2n) is 25.0. The second kappa shape index (κ2) is 14.5. The molecule has 0 N–H and O–H groups in total. The van der Waals surface area contributed by atoms with Gasteiger partial charge in [-0.15, -0.1) is 0 Å². The van der Waals surface area contributed by atoms with Gasteiger partial charge in [-0.1, -0.05) is 171 Å². The van der Waals surface area contributed by atoms with Gasteiger partial charge in [-0.25, -0.2) is 4.98 Å². The molecule has 0 amide bonds. The van der Waals surface area contributed by atoms with Gasteiger partial charge in [0.2, 0.25) is 0 Å². The monoisotopic (exact) mass is 846 g/mol. The van der Waals surface area contributed by atoms with Gasteiger partial charge in [0.25, 0.3) is 6.71 Å². The summed E-state index contributed by atoms with van der Waals surface area (Å²) in [4.78, 5) is 10.7. The molecule has 330 valence electrons. The van der Waals surface area contributed by atoms with Gasteiger partial charge in [0.15, 0.2) is 0 Å². The van der Waals surface area contributed by atoms with Gasteiger partial charge in [-0.3, -0.25) is 4.90 Å². The Bertz CT molecular complexity index is 2830. The topological polar surface area (TPSA) is 19.4 Å². The van der Waals surface area contributed by atoms with Crippen molar-refractivity contribution in [2.75, 3.05) is 9.80 Å². The van der Waals surface area contributed by atoms with Crippen LogP contribution in [-0.2, 0) is 32.5 Å². The third-order valence-electron chi connectivity index (χ3n) is 15.0. The van der Waals surface area contributed by atoms with Crippen molar-refractivity contribution >= 4 is 57.4 Å². The van der Waals surface area contributed by atoms with Crippen LogP contribution in [0.1, 0.15) is 163 Å². The lowest BCUT2D eigenvalue weighted by Crippen LogP contribution is -2.62. The van der Waals surface area contributed by atoms with Gasteiger partial charge in [-0.05, 0) is 150 Å². The van der Waals surface area contributed by atoms with E-state index in [1.165, 1.54) is 96.5 Å². The van der Waals surface area contributed by atoms with Crippen LogP contribution in [0.5, 0.6) is 0 Å². The van der Waals surface area contributed by atoms with E-state index >= 15 is 0 Å². The zero-order valence-electron chi connectivity index (χ0n) is 42.1. The zero-order chi connectivity index (χ0) is 46.3. The van der Waals surface area contributed by atoms with E-state index in [4.69, 9.17) is 4.98 Å². The third-order valence-corrected chi connectivity index (χ3v) is 15.0. The van der Waals surface area contributed by atoms with Gasteiger partial charge < -0.3 is 4.90 Å². The molecule has 64 heavy (non-hydrogen) atoms. The molecule has 6 aromatic rings. The molecule has 0 unspecified atom stereocenters. The number of aryl methyl sites for hydroxylation is 1. The molecule has 5 aromatic carbocycles. The molecule has 9 rings (SSSR count). The maximum Gasteiger partial charge on any atom is 0.254 e. The van der Waals surface area contributed by atoms with Crippen molar-refractivity contribution in [1.29, 1.82) is 0 Å². The summed E-state index contributed by atoms with van der Waals surface area (Å²) in [6, 6.07) is 41.0. The fourth-order valence-electron chi connectivity index (χ4n) is 10.7. The quantitative estimate of drug-likeness (QED) is 0.165. The lowest BCUT2D eigenvalue weighted by molar-refractivity contribution is 0.332. The van der Waals surface area contributed by atoms with Crippen LogP contribution in [0.4, 0.5) is 34.3 Å². The predicted molar refractivity (Wildman–Crippen MR) is 279 cm³/mol. The van der Waals surface area contributed by atoms with Crippen LogP contribution < -0.4 is 26.2 Å². The number of fused-ring (bicyclic) bond motifs is 5. The van der Waals surface area contributed by atoms with E-state index in [-0.39, 0.29) is 39.2 Å². The first kappa shape index (κ1) is 44.1. The van der Waals surface area contributed by atoms with E-state index in [2.05, 4.69) is 231 Å². The number of hydrogen-bond donors (Lipinski definition) is 0. The summed E-state index contributed by atoms with van der Waals surface area (Å²) in [5.41, 5.74) is 22.0. The Hall–Kier alpha value is -5.09. The number of hydrogen-bond acceptors (Lipinski definition) is 3. The van der Waals surface area contributed by atoms with Crippen LogP contribution in [-0.4, -0.2) is 11.7 Å². The minimum absolute atomic E-state index is 0.0156. The highest BCUT2D eigenvalue weighted by molar-refractivity contribution is 7.00. The number of rotatable bonds is 3. The molecule has 3 nitrogen and oxygen atoms in total. The van der Waals surface area contributed by atoms with Gasteiger partial charge in [0, 0.05) is 34.0 Å². The molecular formula is C60H72BN3. The van der Waals surface area contributed by atoms with Gasteiger partial charge in [0.1, 0.15) is 5.82 Å². The summed E-state index contributed by atoms with van der Waals surface area (Å²) >= 11 is 0. The van der Waals surface area contributed by atoms with E-state index in [1.54, 1.807) is 0 Å². The van der Waals surface area contributed by atoms with Crippen molar-refractivity contribution < 1.29 is 0 Å². The Balaban J connectivity index is 1.38. The molecule has 0 atom stereocenters. The molecule has 3 aliphatic rings. The molecule has 3 heterocycles. The van der Waals surface area contributed by atoms with Crippen LogP contribution in [0.15, 0.2) is 103 Å². The Morgan fingerprint density at radius 1 is 0.469 bits per heavy atom. The van der Waals surface area contributed by atoms with Crippen molar-refractivity contribution in [1.82, 2.24) is 4.98 Å². The lowest BCUT2D eigenvalue weighted by atomic mass is 9.33. The molecule has 0 fully saturated rings. The average molecular weight is 846 g/mol. The van der Waals surface area contributed by atoms with E-state index in [0.29, 0.717) is 0 Å². The van der Waals surface area contributed by atoms with E-state index < -0.39 is 0 Å². The number of anilines is 6. The second-order valence-corrected chi connectivity index (χ2v) is 25.0. The summed E-state index contributed by atoms with van der Waals surface area (Å²) in [5.74, 6) is 1.02. The average Bonchev–Trinajstić information content (AvgIpc) is 3.20. The van der Waals surface area contributed by atoms with Crippen LogP contribution in [0.25, 0.3) is 11.1 Å². The highest BCUT2D eigenvalue weighted by Gasteiger charge is 2.46. The number of nitrogens with zero attached hydrogens (tertiary/aromatic N) is 3.